The summed E-state index contributed by atoms with van der Waals surface area (Å²) in [5, 5.41) is 3.57. The van der Waals surface area contributed by atoms with Gasteiger partial charge in [-0.1, -0.05) is 0 Å². The number of carbonyl (C=O) groups excluding carboxylic acids is 1. The highest BCUT2D eigenvalue weighted by molar-refractivity contribution is 5.68. The molecule has 2 aliphatic rings. The van der Waals surface area contributed by atoms with Crippen molar-refractivity contribution >= 4 is 6.09 Å². The molecule has 2 rings (SSSR count). The lowest BCUT2D eigenvalue weighted by Crippen LogP contribution is -2.45. The van der Waals surface area contributed by atoms with Gasteiger partial charge in [-0.15, -0.1) is 0 Å². The van der Waals surface area contributed by atoms with Gasteiger partial charge in [0.15, 0.2) is 0 Å². The van der Waals surface area contributed by atoms with Gasteiger partial charge in [0.2, 0.25) is 0 Å². The second-order valence-electron chi connectivity index (χ2n) is 6.51. The summed E-state index contributed by atoms with van der Waals surface area (Å²) < 4.78 is 5.41. The molecule has 0 unspecified atom stereocenters. The van der Waals surface area contributed by atoms with Gasteiger partial charge < -0.3 is 15.0 Å². The van der Waals surface area contributed by atoms with Crippen LogP contribution >= 0.6 is 0 Å². The fraction of sp³-hybridized carbons (Fsp3) is 0.929. The number of hydrogen-bond donors (Lipinski definition) is 1. The largest absolute Gasteiger partial charge is 0.444 e. The highest BCUT2D eigenvalue weighted by Crippen LogP contribution is 2.26. The lowest BCUT2D eigenvalue weighted by atomic mass is 9.89. The van der Waals surface area contributed by atoms with Crippen LogP contribution in [0.1, 0.15) is 46.5 Å². The molecule has 2 saturated heterocycles. The van der Waals surface area contributed by atoms with Crippen molar-refractivity contribution in [3.63, 3.8) is 0 Å². The lowest BCUT2D eigenvalue weighted by Gasteiger charge is -2.35. The summed E-state index contributed by atoms with van der Waals surface area (Å²) in [5.74, 6) is 0.742. The van der Waals surface area contributed by atoms with Crippen LogP contribution in [0.4, 0.5) is 4.79 Å². The maximum absolute atomic E-state index is 11.9. The Labute approximate surface area is 110 Å². The number of ether oxygens (including phenoxy) is 1. The number of nitrogens with zero attached hydrogens (tertiary/aromatic N) is 1. The second kappa shape index (κ2) is 5.47. The number of likely N-dealkylation sites (tertiary alicyclic amines) is 1. The summed E-state index contributed by atoms with van der Waals surface area (Å²) >= 11 is 0. The SMILES string of the molecule is CC(C)(C)OC(=O)N1CCC([C@H]2CCCN2)CC1. The number of piperidine rings is 1. The van der Waals surface area contributed by atoms with Crippen LogP contribution in [0.2, 0.25) is 0 Å². The summed E-state index contributed by atoms with van der Waals surface area (Å²) in [6, 6.07) is 0.686. The van der Waals surface area contributed by atoms with Crippen molar-refractivity contribution in [3.05, 3.63) is 0 Å². The zero-order chi connectivity index (χ0) is 13.2. The third-order valence-corrected chi connectivity index (χ3v) is 3.86. The van der Waals surface area contributed by atoms with Crippen LogP contribution in [0, 0.1) is 5.92 Å². The number of carbonyl (C=O) groups is 1. The van der Waals surface area contributed by atoms with Crippen molar-refractivity contribution in [2.24, 2.45) is 5.92 Å². The van der Waals surface area contributed by atoms with E-state index in [1.165, 1.54) is 12.8 Å². The van der Waals surface area contributed by atoms with Gasteiger partial charge >= 0.3 is 6.09 Å². The summed E-state index contributed by atoms with van der Waals surface area (Å²) in [5.41, 5.74) is -0.388. The van der Waals surface area contributed by atoms with Crippen LogP contribution < -0.4 is 5.32 Å². The minimum Gasteiger partial charge on any atom is -0.444 e. The summed E-state index contributed by atoms with van der Waals surface area (Å²) in [4.78, 5) is 13.8. The molecular formula is C14H26N2O2. The molecule has 0 bridgehead atoms. The van der Waals surface area contributed by atoms with Gasteiger partial charge in [-0.2, -0.15) is 0 Å². The summed E-state index contributed by atoms with van der Waals surface area (Å²) in [6.45, 7) is 8.60. The van der Waals surface area contributed by atoms with Crippen molar-refractivity contribution in [1.29, 1.82) is 0 Å². The van der Waals surface area contributed by atoms with Crippen molar-refractivity contribution < 1.29 is 9.53 Å². The molecule has 4 heteroatoms. The average Bonchev–Trinajstić information content (AvgIpc) is 2.80. The second-order valence-corrected chi connectivity index (χ2v) is 6.51. The molecule has 0 aromatic carbocycles. The first kappa shape index (κ1) is 13.7. The molecule has 2 heterocycles. The third kappa shape index (κ3) is 3.61. The first-order valence-corrected chi connectivity index (χ1v) is 7.17. The van der Waals surface area contributed by atoms with E-state index in [9.17, 15) is 4.79 Å². The molecule has 1 N–H and O–H groups in total. The maximum Gasteiger partial charge on any atom is 0.410 e. The third-order valence-electron chi connectivity index (χ3n) is 3.86. The molecule has 1 atom stereocenters. The molecule has 0 aliphatic carbocycles. The average molecular weight is 254 g/mol. The number of rotatable bonds is 1. The standard InChI is InChI=1S/C14H26N2O2/c1-14(2,3)18-13(17)16-9-6-11(7-10-16)12-5-4-8-15-12/h11-12,15H,4-10H2,1-3H3/t12-/m1/s1. The normalized spacial score (nSPS) is 26.4. The number of amides is 1. The molecule has 104 valence electrons. The van der Waals surface area contributed by atoms with Crippen LogP contribution in [0.25, 0.3) is 0 Å². The Morgan fingerprint density at radius 2 is 1.89 bits per heavy atom. The molecule has 0 radical (unpaired) electrons. The van der Waals surface area contributed by atoms with Gasteiger partial charge in [-0.25, -0.2) is 4.79 Å². The summed E-state index contributed by atoms with van der Waals surface area (Å²) in [6.07, 6.45) is 4.67. The molecule has 1 amide bonds. The molecular weight excluding hydrogens is 228 g/mol. The summed E-state index contributed by atoms with van der Waals surface area (Å²) in [7, 11) is 0. The minimum absolute atomic E-state index is 0.152. The fourth-order valence-electron chi connectivity index (χ4n) is 2.92. The van der Waals surface area contributed by atoms with Crippen molar-refractivity contribution in [3.8, 4) is 0 Å². The molecule has 0 aromatic rings. The molecule has 0 saturated carbocycles. The van der Waals surface area contributed by atoms with Crippen LogP contribution in [-0.2, 0) is 4.74 Å². The Bertz CT molecular complexity index is 285. The molecule has 2 aliphatic heterocycles. The van der Waals surface area contributed by atoms with E-state index in [-0.39, 0.29) is 11.7 Å². The lowest BCUT2D eigenvalue weighted by molar-refractivity contribution is 0.0172. The molecule has 0 aromatic heterocycles. The zero-order valence-corrected chi connectivity index (χ0v) is 11.9. The molecule has 2 fully saturated rings. The Kier molecular flexibility index (Phi) is 4.15. The number of hydrogen-bond acceptors (Lipinski definition) is 3. The number of nitrogens with one attached hydrogen (secondary N) is 1. The topological polar surface area (TPSA) is 41.6 Å². The predicted octanol–water partition coefficient (Wildman–Crippen LogP) is 2.39. The Hall–Kier alpha value is -0.770. The Morgan fingerprint density at radius 1 is 1.22 bits per heavy atom. The van der Waals surface area contributed by atoms with E-state index in [1.54, 1.807) is 0 Å². The van der Waals surface area contributed by atoms with Crippen molar-refractivity contribution in [2.75, 3.05) is 19.6 Å². The van der Waals surface area contributed by atoms with E-state index in [2.05, 4.69) is 5.32 Å². The van der Waals surface area contributed by atoms with Gasteiger partial charge in [0, 0.05) is 19.1 Å². The fourth-order valence-corrected chi connectivity index (χ4v) is 2.92. The van der Waals surface area contributed by atoms with Gasteiger partial charge in [0.05, 0.1) is 0 Å². The Balaban J connectivity index is 1.77. The highest BCUT2D eigenvalue weighted by Gasteiger charge is 2.31. The van der Waals surface area contributed by atoms with E-state index in [4.69, 9.17) is 4.74 Å². The van der Waals surface area contributed by atoms with Gasteiger partial charge in [0.1, 0.15) is 5.60 Å². The maximum atomic E-state index is 11.9. The van der Waals surface area contributed by atoms with Gasteiger partial charge in [0.25, 0.3) is 0 Å². The van der Waals surface area contributed by atoms with E-state index in [1.807, 2.05) is 25.7 Å². The van der Waals surface area contributed by atoms with Crippen LogP contribution in [-0.4, -0.2) is 42.3 Å². The van der Waals surface area contributed by atoms with Gasteiger partial charge in [-0.05, 0) is 58.9 Å². The van der Waals surface area contributed by atoms with Crippen LogP contribution in [0.3, 0.4) is 0 Å². The smallest absolute Gasteiger partial charge is 0.410 e. The predicted molar refractivity (Wildman–Crippen MR) is 71.6 cm³/mol. The van der Waals surface area contributed by atoms with Crippen LogP contribution in [0.15, 0.2) is 0 Å². The van der Waals surface area contributed by atoms with Crippen molar-refractivity contribution in [2.45, 2.75) is 58.1 Å². The highest BCUT2D eigenvalue weighted by atomic mass is 16.6. The molecule has 18 heavy (non-hydrogen) atoms. The molecule has 4 nitrogen and oxygen atoms in total. The van der Waals surface area contributed by atoms with Gasteiger partial charge in [-0.3, -0.25) is 0 Å². The van der Waals surface area contributed by atoms with Crippen LogP contribution in [0.5, 0.6) is 0 Å². The van der Waals surface area contributed by atoms with Crippen molar-refractivity contribution in [1.82, 2.24) is 10.2 Å². The van der Waals surface area contributed by atoms with E-state index < -0.39 is 0 Å². The van der Waals surface area contributed by atoms with E-state index >= 15 is 0 Å². The monoisotopic (exact) mass is 254 g/mol. The Morgan fingerprint density at radius 3 is 2.39 bits per heavy atom. The zero-order valence-electron chi connectivity index (χ0n) is 11.9. The minimum atomic E-state index is -0.388. The first-order valence-electron chi connectivity index (χ1n) is 7.17. The molecule has 0 spiro atoms. The first-order chi connectivity index (χ1) is 8.46. The van der Waals surface area contributed by atoms with E-state index in [0.717, 1.165) is 38.4 Å². The quantitative estimate of drug-likeness (QED) is 0.781. The van der Waals surface area contributed by atoms with E-state index in [0.29, 0.717) is 6.04 Å².